The zero-order chi connectivity index (χ0) is 12.3. The third-order valence-corrected chi connectivity index (χ3v) is 2.97. The molecule has 0 aliphatic carbocycles. The molecule has 2 aromatic rings. The summed E-state index contributed by atoms with van der Waals surface area (Å²) in [6.45, 7) is 4.19. The topological polar surface area (TPSA) is 63.8 Å². The minimum atomic E-state index is -0.0511. The third kappa shape index (κ3) is 2.49. The fraction of sp³-hybridized carbons (Fsp3) is 0.231. The molecular weight excluding hydrogens is 212 g/mol. The van der Waals surface area contributed by atoms with Crippen molar-refractivity contribution in [3.05, 3.63) is 58.9 Å². The van der Waals surface area contributed by atoms with Gasteiger partial charge in [-0.15, -0.1) is 0 Å². The highest BCUT2D eigenvalue weighted by atomic mass is 15.2. The van der Waals surface area contributed by atoms with Crippen LogP contribution in [-0.4, -0.2) is 10.2 Å². The molecule has 1 unspecified atom stereocenters. The summed E-state index contributed by atoms with van der Waals surface area (Å²) in [7, 11) is 0. The number of nitrogens with two attached hydrogens (primary N) is 1. The molecular formula is C13H16N4. The minimum Gasteiger partial charge on any atom is -0.271 e. The smallest absolute Gasteiger partial charge is 0.0726 e. The maximum absolute atomic E-state index is 5.63. The predicted molar refractivity (Wildman–Crippen MR) is 67.1 cm³/mol. The van der Waals surface area contributed by atoms with Crippen molar-refractivity contribution in [3.8, 4) is 0 Å². The largest absolute Gasteiger partial charge is 0.271 e. The van der Waals surface area contributed by atoms with Gasteiger partial charge in [0, 0.05) is 6.20 Å². The molecule has 1 aromatic heterocycles. The van der Waals surface area contributed by atoms with Gasteiger partial charge < -0.3 is 0 Å². The molecule has 0 aliphatic heterocycles. The van der Waals surface area contributed by atoms with Gasteiger partial charge in [-0.25, -0.2) is 5.43 Å². The molecule has 0 saturated carbocycles. The number of aryl methyl sites for hydroxylation is 2. The Morgan fingerprint density at radius 1 is 1.06 bits per heavy atom. The van der Waals surface area contributed by atoms with Crippen LogP contribution in [0.1, 0.15) is 28.3 Å². The van der Waals surface area contributed by atoms with E-state index in [1.54, 1.807) is 12.4 Å². The lowest BCUT2D eigenvalue weighted by atomic mass is 9.97. The highest BCUT2D eigenvalue weighted by Crippen LogP contribution is 2.22. The summed E-state index contributed by atoms with van der Waals surface area (Å²) in [5.74, 6) is 5.63. The van der Waals surface area contributed by atoms with Crippen LogP contribution in [0, 0.1) is 13.8 Å². The Morgan fingerprint density at radius 3 is 2.47 bits per heavy atom. The van der Waals surface area contributed by atoms with E-state index >= 15 is 0 Å². The van der Waals surface area contributed by atoms with E-state index in [2.05, 4.69) is 47.7 Å². The van der Waals surface area contributed by atoms with Crippen LogP contribution >= 0.6 is 0 Å². The van der Waals surface area contributed by atoms with Crippen LogP contribution in [0.4, 0.5) is 0 Å². The lowest BCUT2D eigenvalue weighted by Crippen LogP contribution is -2.29. The second-order valence-electron chi connectivity index (χ2n) is 4.12. The van der Waals surface area contributed by atoms with E-state index in [0.29, 0.717) is 0 Å². The lowest BCUT2D eigenvalue weighted by molar-refractivity contribution is 0.631. The molecule has 0 fully saturated rings. The van der Waals surface area contributed by atoms with Crippen molar-refractivity contribution in [2.45, 2.75) is 19.9 Å². The molecule has 1 atom stereocenters. The van der Waals surface area contributed by atoms with Crippen LogP contribution in [-0.2, 0) is 0 Å². The van der Waals surface area contributed by atoms with Crippen LogP contribution in [0.15, 0.2) is 36.7 Å². The molecule has 0 spiro atoms. The van der Waals surface area contributed by atoms with Gasteiger partial charge in [0.1, 0.15) is 0 Å². The number of aromatic nitrogens is 2. The van der Waals surface area contributed by atoms with E-state index in [4.69, 9.17) is 5.84 Å². The summed E-state index contributed by atoms with van der Waals surface area (Å²) < 4.78 is 0. The number of benzene rings is 1. The lowest BCUT2D eigenvalue weighted by Gasteiger charge is -2.17. The number of hydrogen-bond donors (Lipinski definition) is 2. The fourth-order valence-electron chi connectivity index (χ4n) is 1.80. The van der Waals surface area contributed by atoms with Gasteiger partial charge in [0.25, 0.3) is 0 Å². The standard InChI is InChI=1S/C13H16N4/c1-9-3-4-11(7-10(9)2)13(17-14)12-5-6-15-16-8-12/h3-8,13,17H,14H2,1-2H3. The second-order valence-corrected chi connectivity index (χ2v) is 4.12. The number of hydrazine groups is 1. The molecule has 0 bridgehead atoms. The fourth-order valence-corrected chi connectivity index (χ4v) is 1.80. The van der Waals surface area contributed by atoms with Gasteiger partial charge in [0.05, 0.1) is 12.2 Å². The van der Waals surface area contributed by atoms with E-state index < -0.39 is 0 Å². The third-order valence-electron chi connectivity index (χ3n) is 2.97. The molecule has 1 heterocycles. The van der Waals surface area contributed by atoms with Crippen molar-refractivity contribution in [3.63, 3.8) is 0 Å². The predicted octanol–water partition coefficient (Wildman–Crippen LogP) is 1.65. The summed E-state index contributed by atoms with van der Waals surface area (Å²) in [5.41, 5.74) is 7.48. The minimum absolute atomic E-state index is 0.0511. The van der Waals surface area contributed by atoms with Crippen LogP contribution < -0.4 is 11.3 Å². The van der Waals surface area contributed by atoms with Crippen LogP contribution in [0.3, 0.4) is 0 Å². The Hall–Kier alpha value is -1.78. The number of hydrogen-bond acceptors (Lipinski definition) is 4. The molecule has 88 valence electrons. The first-order valence-electron chi connectivity index (χ1n) is 5.52. The first-order valence-corrected chi connectivity index (χ1v) is 5.52. The van der Waals surface area contributed by atoms with Gasteiger partial charge in [0.15, 0.2) is 0 Å². The quantitative estimate of drug-likeness (QED) is 0.619. The molecule has 0 radical (unpaired) electrons. The number of nitrogens with one attached hydrogen (secondary N) is 1. The van der Waals surface area contributed by atoms with E-state index in [0.717, 1.165) is 11.1 Å². The van der Waals surface area contributed by atoms with E-state index in [1.165, 1.54) is 11.1 Å². The van der Waals surface area contributed by atoms with Crippen LogP contribution in [0.25, 0.3) is 0 Å². The Morgan fingerprint density at radius 2 is 1.88 bits per heavy atom. The Bertz CT molecular complexity index is 496. The van der Waals surface area contributed by atoms with Gasteiger partial charge in [-0.05, 0) is 42.2 Å². The molecule has 1 aromatic carbocycles. The van der Waals surface area contributed by atoms with Gasteiger partial charge >= 0.3 is 0 Å². The molecule has 0 aliphatic rings. The van der Waals surface area contributed by atoms with Gasteiger partial charge in [-0.1, -0.05) is 18.2 Å². The van der Waals surface area contributed by atoms with Crippen molar-refractivity contribution in [1.29, 1.82) is 0 Å². The molecule has 4 heteroatoms. The van der Waals surface area contributed by atoms with Gasteiger partial charge in [-0.3, -0.25) is 5.84 Å². The van der Waals surface area contributed by atoms with E-state index in [1.807, 2.05) is 6.07 Å². The molecule has 4 nitrogen and oxygen atoms in total. The highest BCUT2D eigenvalue weighted by Gasteiger charge is 2.12. The normalized spacial score (nSPS) is 12.4. The first-order chi connectivity index (χ1) is 8.22. The first kappa shape index (κ1) is 11.7. The molecule has 0 amide bonds. The van der Waals surface area contributed by atoms with Crippen LogP contribution in [0.5, 0.6) is 0 Å². The van der Waals surface area contributed by atoms with Crippen LogP contribution in [0.2, 0.25) is 0 Å². The van der Waals surface area contributed by atoms with Gasteiger partial charge in [0.2, 0.25) is 0 Å². The van der Waals surface area contributed by atoms with E-state index in [9.17, 15) is 0 Å². The summed E-state index contributed by atoms with van der Waals surface area (Å²) in [4.78, 5) is 0. The Kier molecular flexibility index (Phi) is 3.46. The Labute approximate surface area is 101 Å². The monoisotopic (exact) mass is 228 g/mol. The molecule has 17 heavy (non-hydrogen) atoms. The summed E-state index contributed by atoms with van der Waals surface area (Å²) in [6, 6.07) is 8.17. The summed E-state index contributed by atoms with van der Waals surface area (Å²) in [5, 5.41) is 7.64. The van der Waals surface area contributed by atoms with Crippen molar-refractivity contribution in [2.24, 2.45) is 5.84 Å². The zero-order valence-corrected chi connectivity index (χ0v) is 10.0. The number of rotatable bonds is 3. The van der Waals surface area contributed by atoms with Crippen molar-refractivity contribution >= 4 is 0 Å². The van der Waals surface area contributed by atoms with Crippen molar-refractivity contribution < 1.29 is 0 Å². The van der Waals surface area contributed by atoms with Gasteiger partial charge in [-0.2, -0.15) is 10.2 Å². The average Bonchev–Trinajstić information content (AvgIpc) is 2.36. The van der Waals surface area contributed by atoms with E-state index in [-0.39, 0.29) is 6.04 Å². The SMILES string of the molecule is Cc1ccc(C(NN)c2ccnnc2)cc1C. The Balaban J connectivity index is 2.39. The maximum Gasteiger partial charge on any atom is 0.0726 e. The molecule has 2 rings (SSSR count). The summed E-state index contributed by atoms with van der Waals surface area (Å²) in [6.07, 6.45) is 3.39. The maximum atomic E-state index is 5.63. The average molecular weight is 228 g/mol. The van der Waals surface area contributed by atoms with Crippen molar-refractivity contribution in [1.82, 2.24) is 15.6 Å². The zero-order valence-electron chi connectivity index (χ0n) is 10.0. The summed E-state index contributed by atoms with van der Waals surface area (Å²) >= 11 is 0. The number of nitrogens with zero attached hydrogens (tertiary/aromatic N) is 2. The highest BCUT2D eigenvalue weighted by molar-refractivity contribution is 5.35. The second kappa shape index (κ2) is 5.03. The molecule has 0 saturated heterocycles. The molecule has 3 N–H and O–H groups in total. The van der Waals surface area contributed by atoms with Crippen molar-refractivity contribution in [2.75, 3.05) is 0 Å².